The van der Waals surface area contributed by atoms with E-state index in [2.05, 4.69) is 21.2 Å². The predicted molar refractivity (Wildman–Crippen MR) is 149 cm³/mol. The maximum Gasteiger partial charge on any atom is 0.261 e. The van der Waals surface area contributed by atoms with E-state index in [4.69, 9.17) is 39.5 Å². The van der Waals surface area contributed by atoms with Gasteiger partial charge in [-0.1, -0.05) is 87.1 Å². The summed E-state index contributed by atoms with van der Waals surface area (Å²) in [4.78, 5) is 28.5. The SMILES string of the molecule is CC(C)NC(=O)[C@H](Cc1ccccc1)N(Cc1c(Cl)cccc1Cl)C(=O)COc1ccc(Br)cc1Cl. The van der Waals surface area contributed by atoms with Gasteiger partial charge >= 0.3 is 0 Å². The summed E-state index contributed by atoms with van der Waals surface area (Å²) in [5.74, 6) is -0.341. The van der Waals surface area contributed by atoms with Crippen LogP contribution in [0.5, 0.6) is 5.75 Å². The van der Waals surface area contributed by atoms with Crippen LogP contribution >= 0.6 is 50.7 Å². The van der Waals surface area contributed by atoms with Crippen LogP contribution in [-0.2, 0) is 22.6 Å². The highest BCUT2D eigenvalue weighted by molar-refractivity contribution is 9.10. The zero-order chi connectivity index (χ0) is 26.2. The van der Waals surface area contributed by atoms with Crippen LogP contribution < -0.4 is 10.1 Å². The van der Waals surface area contributed by atoms with E-state index >= 15 is 0 Å². The Bertz CT molecular complexity index is 1190. The summed E-state index contributed by atoms with van der Waals surface area (Å²) in [5, 5.41) is 4.10. The zero-order valence-corrected chi connectivity index (χ0v) is 23.7. The molecule has 36 heavy (non-hydrogen) atoms. The number of nitrogens with zero attached hydrogens (tertiary/aromatic N) is 1. The van der Waals surface area contributed by atoms with Crippen molar-refractivity contribution >= 4 is 62.5 Å². The van der Waals surface area contributed by atoms with E-state index in [1.54, 1.807) is 36.4 Å². The molecular weight excluding hydrogens is 587 g/mol. The first kappa shape index (κ1) is 28.3. The van der Waals surface area contributed by atoms with Crippen molar-refractivity contribution in [3.8, 4) is 5.75 Å². The molecule has 3 rings (SSSR count). The highest BCUT2D eigenvalue weighted by Gasteiger charge is 2.32. The Morgan fingerprint density at radius 3 is 2.22 bits per heavy atom. The van der Waals surface area contributed by atoms with Crippen LogP contribution in [0.4, 0.5) is 0 Å². The summed E-state index contributed by atoms with van der Waals surface area (Å²) < 4.78 is 6.54. The lowest BCUT2D eigenvalue weighted by atomic mass is 10.0. The average Bonchev–Trinajstić information content (AvgIpc) is 2.82. The molecule has 2 amide bonds. The van der Waals surface area contributed by atoms with Gasteiger partial charge in [-0.25, -0.2) is 0 Å². The van der Waals surface area contributed by atoms with Crippen LogP contribution in [-0.4, -0.2) is 35.4 Å². The van der Waals surface area contributed by atoms with Crippen molar-refractivity contribution in [3.05, 3.63) is 97.4 Å². The number of ether oxygens (including phenoxy) is 1. The second kappa shape index (κ2) is 13.3. The number of hydrogen-bond donors (Lipinski definition) is 1. The van der Waals surface area contributed by atoms with Gasteiger partial charge in [0.05, 0.1) is 5.02 Å². The van der Waals surface area contributed by atoms with Gasteiger partial charge in [0.15, 0.2) is 6.61 Å². The smallest absolute Gasteiger partial charge is 0.261 e. The van der Waals surface area contributed by atoms with Crippen LogP contribution in [0.1, 0.15) is 25.0 Å². The van der Waals surface area contributed by atoms with Gasteiger partial charge in [-0.3, -0.25) is 9.59 Å². The third-order valence-electron chi connectivity index (χ3n) is 5.34. The first-order valence-corrected chi connectivity index (χ1v) is 13.2. The number of hydrogen-bond acceptors (Lipinski definition) is 3. The Kier molecular flexibility index (Phi) is 10.5. The van der Waals surface area contributed by atoms with E-state index in [0.717, 1.165) is 10.0 Å². The van der Waals surface area contributed by atoms with Crippen molar-refractivity contribution in [2.24, 2.45) is 0 Å². The monoisotopic (exact) mass is 610 g/mol. The van der Waals surface area contributed by atoms with Crippen molar-refractivity contribution in [2.75, 3.05) is 6.61 Å². The van der Waals surface area contributed by atoms with Crippen LogP contribution in [0.15, 0.2) is 71.2 Å². The molecule has 0 bridgehead atoms. The van der Waals surface area contributed by atoms with E-state index in [-0.39, 0.29) is 25.1 Å². The molecule has 0 spiro atoms. The summed E-state index contributed by atoms with van der Waals surface area (Å²) in [6.45, 7) is 3.43. The minimum Gasteiger partial charge on any atom is -0.482 e. The van der Waals surface area contributed by atoms with E-state index in [0.29, 0.717) is 32.8 Å². The third kappa shape index (κ3) is 7.87. The molecule has 1 atom stereocenters. The quantitative estimate of drug-likeness (QED) is 0.270. The molecule has 9 heteroatoms. The molecule has 0 aliphatic rings. The van der Waals surface area contributed by atoms with Gasteiger partial charge in [0, 0.05) is 39.1 Å². The second-order valence-electron chi connectivity index (χ2n) is 8.45. The number of carbonyl (C=O) groups excluding carboxylic acids is 2. The van der Waals surface area contributed by atoms with Crippen LogP contribution in [0.3, 0.4) is 0 Å². The second-order valence-corrected chi connectivity index (χ2v) is 10.6. The lowest BCUT2D eigenvalue weighted by Gasteiger charge is -2.32. The molecule has 0 radical (unpaired) electrons. The number of carbonyl (C=O) groups is 2. The Labute approximate surface area is 234 Å². The molecule has 0 heterocycles. The largest absolute Gasteiger partial charge is 0.482 e. The summed E-state index contributed by atoms with van der Waals surface area (Å²) in [6.07, 6.45) is 0.298. The van der Waals surface area contributed by atoms with Gasteiger partial charge in [-0.15, -0.1) is 0 Å². The van der Waals surface area contributed by atoms with E-state index in [1.165, 1.54) is 4.90 Å². The molecule has 0 saturated carbocycles. The topological polar surface area (TPSA) is 58.6 Å². The summed E-state index contributed by atoms with van der Waals surface area (Å²) >= 11 is 22.5. The summed E-state index contributed by atoms with van der Waals surface area (Å²) in [5.41, 5.74) is 1.45. The number of halogens is 4. The fraction of sp³-hybridized carbons (Fsp3) is 0.259. The van der Waals surface area contributed by atoms with E-state index < -0.39 is 11.9 Å². The lowest BCUT2D eigenvalue weighted by molar-refractivity contribution is -0.143. The third-order valence-corrected chi connectivity index (χ3v) is 6.83. The molecule has 190 valence electrons. The Hall–Kier alpha value is -2.25. The van der Waals surface area contributed by atoms with Crippen molar-refractivity contribution in [2.45, 2.75) is 38.9 Å². The maximum atomic E-state index is 13.6. The van der Waals surface area contributed by atoms with Crippen LogP contribution in [0, 0.1) is 0 Å². The van der Waals surface area contributed by atoms with Gasteiger partial charge in [0.2, 0.25) is 5.91 Å². The van der Waals surface area contributed by atoms with Gasteiger partial charge in [0.1, 0.15) is 11.8 Å². The van der Waals surface area contributed by atoms with Gasteiger partial charge in [-0.05, 0) is 49.7 Å². The van der Waals surface area contributed by atoms with Gasteiger partial charge in [-0.2, -0.15) is 0 Å². The highest BCUT2D eigenvalue weighted by Crippen LogP contribution is 2.29. The molecule has 0 saturated heterocycles. The minimum atomic E-state index is -0.835. The average molecular weight is 613 g/mol. The zero-order valence-electron chi connectivity index (χ0n) is 19.8. The number of benzene rings is 3. The molecule has 0 unspecified atom stereocenters. The van der Waals surface area contributed by atoms with E-state index in [9.17, 15) is 9.59 Å². The number of amides is 2. The first-order valence-electron chi connectivity index (χ1n) is 11.3. The molecule has 0 aromatic heterocycles. The fourth-order valence-electron chi connectivity index (χ4n) is 3.60. The normalized spacial score (nSPS) is 11.8. The number of rotatable bonds is 10. The summed E-state index contributed by atoms with van der Waals surface area (Å²) in [6, 6.07) is 18.8. The van der Waals surface area contributed by atoms with E-state index in [1.807, 2.05) is 44.2 Å². The Morgan fingerprint density at radius 2 is 1.61 bits per heavy atom. The molecule has 0 fully saturated rings. The van der Waals surface area contributed by atoms with Crippen LogP contribution in [0.25, 0.3) is 0 Å². The molecule has 5 nitrogen and oxygen atoms in total. The fourth-order valence-corrected chi connectivity index (χ4v) is 4.85. The van der Waals surface area contributed by atoms with Gasteiger partial charge in [0.25, 0.3) is 5.91 Å². The predicted octanol–water partition coefficient (Wildman–Crippen LogP) is 6.95. The Morgan fingerprint density at radius 1 is 0.944 bits per heavy atom. The molecule has 1 N–H and O–H groups in total. The van der Waals surface area contributed by atoms with Crippen molar-refractivity contribution < 1.29 is 14.3 Å². The first-order chi connectivity index (χ1) is 17.2. The van der Waals surface area contributed by atoms with Gasteiger partial charge < -0.3 is 15.0 Å². The highest BCUT2D eigenvalue weighted by atomic mass is 79.9. The van der Waals surface area contributed by atoms with Crippen molar-refractivity contribution in [3.63, 3.8) is 0 Å². The minimum absolute atomic E-state index is 0.0256. The Balaban J connectivity index is 1.97. The molecular formula is C27H26BrCl3N2O3. The molecule has 3 aromatic rings. The van der Waals surface area contributed by atoms with Crippen LogP contribution in [0.2, 0.25) is 15.1 Å². The lowest BCUT2D eigenvalue weighted by Crippen LogP contribution is -2.52. The summed E-state index contributed by atoms with van der Waals surface area (Å²) in [7, 11) is 0. The van der Waals surface area contributed by atoms with Crippen molar-refractivity contribution in [1.29, 1.82) is 0 Å². The van der Waals surface area contributed by atoms with Crippen molar-refractivity contribution in [1.82, 2.24) is 10.2 Å². The maximum absolute atomic E-state index is 13.6. The standard InChI is InChI=1S/C27H26BrCl3N2O3/c1-17(2)32-27(35)24(13-18-7-4-3-5-8-18)33(15-20-21(29)9-6-10-22(20)30)26(34)16-36-25-12-11-19(28)14-23(25)31/h3-12,14,17,24H,13,15-16H2,1-2H3,(H,32,35)/t24-/m0/s1. The molecule has 0 aliphatic carbocycles. The molecule has 0 aliphatic heterocycles. The number of nitrogens with one attached hydrogen (secondary N) is 1. The molecule has 3 aromatic carbocycles.